The zero-order valence-corrected chi connectivity index (χ0v) is 12.6. The summed E-state index contributed by atoms with van der Waals surface area (Å²) in [6, 6.07) is 9.78. The minimum Gasteiger partial charge on any atom is -0.457 e. The maximum Gasteiger partial charge on any atom is 0.131 e. The lowest BCUT2D eigenvalue weighted by Crippen LogP contribution is -2.05. The van der Waals surface area contributed by atoms with Crippen LogP contribution in [-0.2, 0) is 6.54 Å². The largest absolute Gasteiger partial charge is 0.457 e. The van der Waals surface area contributed by atoms with Crippen molar-refractivity contribution in [3.63, 3.8) is 0 Å². The van der Waals surface area contributed by atoms with Gasteiger partial charge in [-0.1, -0.05) is 33.6 Å². The third-order valence-electron chi connectivity index (χ3n) is 2.46. The Balaban J connectivity index is 2.21. The van der Waals surface area contributed by atoms with Gasteiger partial charge in [0.25, 0.3) is 0 Å². The van der Waals surface area contributed by atoms with Gasteiger partial charge in [0.05, 0.1) is 0 Å². The maximum atomic E-state index is 13.2. The van der Waals surface area contributed by atoms with E-state index in [1.807, 2.05) is 13.1 Å². The first-order chi connectivity index (χ1) is 9.08. The van der Waals surface area contributed by atoms with Crippen LogP contribution in [0.4, 0.5) is 4.39 Å². The fourth-order valence-electron chi connectivity index (χ4n) is 1.65. The molecule has 0 radical (unpaired) electrons. The predicted molar refractivity (Wildman–Crippen MR) is 78.4 cm³/mol. The van der Waals surface area contributed by atoms with Crippen LogP contribution < -0.4 is 10.1 Å². The Labute approximate surface area is 124 Å². The lowest BCUT2D eigenvalue weighted by atomic mass is 10.2. The Hall–Kier alpha value is -1.10. The zero-order valence-electron chi connectivity index (χ0n) is 10.2. The first kappa shape index (κ1) is 14.3. The van der Waals surface area contributed by atoms with Crippen molar-refractivity contribution in [3.05, 3.63) is 57.3 Å². The van der Waals surface area contributed by atoms with Crippen molar-refractivity contribution in [1.29, 1.82) is 0 Å². The van der Waals surface area contributed by atoms with Crippen LogP contribution in [0.3, 0.4) is 0 Å². The van der Waals surface area contributed by atoms with Crippen LogP contribution in [0, 0.1) is 5.82 Å². The van der Waals surface area contributed by atoms with Crippen LogP contribution in [0.15, 0.2) is 40.9 Å². The summed E-state index contributed by atoms with van der Waals surface area (Å²) in [6.45, 7) is 0.685. The molecule has 0 aliphatic rings. The summed E-state index contributed by atoms with van der Waals surface area (Å²) in [5.41, 5.74) is 0.983. The molecule has 0 aliphatic heterocycles. The van der Waals surface area contributed by atoms with Crippen molar-refractivity contribution >= 4 is 27.5 Å². The van der Waals surface area contributed by atoms with E-state index in [1.54, 1.807) is 18.2 Å². The molecule has 0 fully saturated rings. The van der Waals surface area contributed by atoms with Crippen molar-refractivity contribution in [2.75, 3.05) is 7.05 Å². The molecule has 1 N–H and O–H groups in total. The van der Waals surface area contributed by atoms with Gasteiger partial charge in [-0.2, -0.15) is 0 Å². The van der Waals surface area contributed by atoms with Crippen molar-refractivity contribution in [3.8, 4) is 11.5 Å². The van der Waals surface area contributed by atoms with E-state index >= 15 is 0 Å². The fraction of sp³-hybridized carbons (Fsp3) is 0.143. The lowest BCUT2D eigenvalue weighted by molar-refractivity contribution is 0.476. The van der Waals surface area contributed by atoms with Crippen LogP contribution in [0.5, 0.6) is 11.5 Å². The topological polar surface area (TPSA) is 21.3 Å². The average molecular weight is 345 g/mol. The van der Waals surface area contributed by atoms with E-state index in [0.29, 0.717) is 27.5 Å². The summed E-state index contributed by atoms with van der Waals surface area (Å²) in [5.74, 6) is 0.633. The monoisotopic (exact) mass is 343 g/mol. The van der Waals surface area contributed by atoms with Crippen LogP contribution >= 0.6 is 27.5 Å². The molecule has 2 aromatic carbocycles. The molecule has 5 heteroatoms. The third-order valence-corrected chi connectivity index (χ3v) is 3.27. The van der Waals surface area contributed by atoms with Gasteiger partial charge in [-0.3, -0.25) is 0 Å². The van der Waals surface area contributed by atoms with Gasteiger partial charge in [-0.25, -0.2) is 4.39 Å². The van der Waals surface area contributed by atoms with Gasteiger partial charge in [-0.15, -0.1) is 0 Å². The molecule has 0 amide bonds. The van der Waals surface area contributed by atoms with Gasteiger partial charge in [-0.05, 0) is 36.9 Å². The molecular formula is C14H12BrClFNO. The Bertz CT molecular complexity index is 571. The first-order valence-electron chi connectivity index (χ1n) is 5.65. The molecule has 0 unspecified atom stereocenters. The summed E-state index contributed by atoms with van der Waals surface area (Å²) >= 11 is 9.35. The molecule has 2 rings (SSSR count). The Morgan fingerprint density at radius 1 is 1.21 bits per heavy atom. The van der Waals surface area contributed by atoms with Gasteiger partial charge in [0, 0.05) is 22.1 Å². The molecule has 0 saturated heterocycles. The first-order valence-corrected chi connectivity index (χ1v) is 6.82. The Morgan fingerprint density at radius 2 is 2.00 bits per heavy atom. The second-order valence-corrected chi connectivity index (χ2v) is 5.31. The summed E-state index contributed by atoms with van der Waals surface area (Å²) in [5, 5.41) is 3.64. The smallest absolute Gasteiger partial charge is 0.131 e. The molecule has 0 aliphatic carbocycles. The highest BCUT2D eigenvalue weighted by Gasteiger charge is 2.05. The molecule has 2 aromatic rings. The highest BCUT2D eigenvalue weighted by Crippen LogP contribution is 2.29. The quantitative estimate of drug-likeness (QED) is 0.864. The highest BCUT2D eigenvalue weighted by atomic mass is 79.9. The number of hydrogen-bond acceptors (Lipinski definition) is 2. The predicted octanol–water partition coefficient (Wildman–Crippen LogP) is 4.75. The molecular weight excluding hydrogens is 333 g/mol. The Kier molecular flexibility index (Phi) is 4.80. The van der Waals surface area contributed by atoms with Gasteiger partial charge < -0.3 is 10.1 Å². The summed E-state index contributed by atoms with van der Waals surface area (Å²) < 4.78 is 19.4. The van der Waals surface area contributed by atoms with E-state index in [9.17, 15) is 4.39 Å². The van der Waals surface area contributed by atoms with Crippen molar-refractivity contribution in [1.82, 2.24) is 5.32 Å². The molecule has 19 heavy (non-hydrogen) atoms. The van der Waals surface area contributed by atoms with Crippen molar-refractivity contribution in [2.24, 2.45) is 0 Å². The molecule has 0 bridgehead atoms. The molecule has 0 spiro atoms. The van der Waals surface area contributed by atoms with Gasteiger partial charge in [0.15, 0.2) is 0 Å². The van der Waals surface area contributed by atoms with E-state index in [4.69, 9.17) is 16.3 Å². The molecule has 2 nitrogen and oxygen atoms in total. The standard InChI is InChI=1S/C14H12BrClFNO/c1-18-8-9-2-3-12(7-14(9)16)19-13-5-10(15)4-11(17)6-13/h2-7,18H,8H2,1H3. The molecule has 0 saturated carbocycles. The van der Waals surface area contributed by atoms with Crippen LogP contribution in [0.2, 0.25) is 5.02 Å². The second kappa shape index (κ2) is 6.37. The Morgan fingerprint density at radius 3 is 2.63 bits per heavy atom. The SMILES string of the molecule is CNCc1ccc(Oc2cc(F)cc(Br)c2)cc1Cl. The molecule has 0 atom stereocenters. The number of rotatable bonds is 4. The van der Waals surface area contributed by atoms with Crippen LogP contribution in [0.1, 0.15) is 5.56 Å². The second-order valence-electron chi connectivity index (χ2n) is 3.99. The van der Waals surface area contributed by atoms with E-state index in [2.05, 4.69) is 21.2 Å². The number of halogens is 3. The fourth-order valence-corrected chi connectivity index (χ4v) is 2.33. The van der Waals surface area contributed by atoms with E-state index in [0.717, 1.165) is 5.56 Å². The summed E-state index contributed by atoms with van der Waals surface area (Å²) in [7, 11) is 1.85. The summed E-state index contributed by atoms with van der Waals surface area (Å²) in [6.07, 6.45) is 0. The number of hydrogen-bond donors (Lipinski definition) is 1. The van der Waals surface area contributed by atoms with E-state index in [-0.39, 0.29) is 5.82 Å². The normalized spacial score (nSPS) is 10.5. The van der Waals surface area contributed by atoms with Crippen LogP contribution in [0.25, 0.3) is 0 Å². The van der Waals surface area contributed by atoms with E-state index < -0.39 is 0 Å². The number of benzene rings is 2. The van der Waals surface area contributed by atoms with Crippen molar-refractivity contribution < 1.29 is 9.13 Å². The maximum absolute atomic E-state index is 13.2. The minimum absolute atomic E-state index is 0.359. The number of nitrogens with one attached hydrogen (secondary N) is 1. The third kappa shape index (κ3) is 3.93. The molecule has 0 aromatic heterocycles. The zero-order chi connectivity index (χ0) is 13.8. The van der Waals surface area contributed by atoms with Crippen LogP contribution in [-0.4, -0.2) is 7.05 Å². The minimum atomic E-state index is -0.359. The summed E-state index contributed by atoms with van der Waals surface area (Å²) in [4.78, 5) is 0. The number of ether oxygens (including phenoxy) is 1. The molecule has 100 valence electrons. The van der Waals surface area contributed by atoms with Gasteiger partial charge in [0.2, 0.25) is 0 Å². The molecule has 0 heterocycles. The van der Waals surface area contributed by atoms with E-state index in [1.165, 1.54) is 12.1 Å². The van der Waals surface area contributed by atoms with Crippen molar-refractivity contribution in [2.45, 2.75) is 6.54 Å². The average Bonchev–Trinajstić information content (AvgIpc) is 2.31. The van der Waals surface area contributed by atoms with Gasteiger partial charge >= 0.3 is 0 Å². The highest BCUT2D eigenvalue weighted by molar-refractivity contribution is 9.10. The lowest BCUT2D eigenvalue weighted by Gasteiger charge is -2.09. The van der Waals surface area contributed by atoms with Gasteiger partial charge in [0.1, 0.15) is 17.3 Å².